The maximum atomic E-state index is 12.7. The van der Waals surface area contributed by atoms with E-state index in [4.69, 9.17) is 20.8 Å². The number of furan rings is 1. The summed E-state index contributed by atoms with van der Waals surface area (Å²) < 4.78 is 13.4. The van der Waals surface area contributed by atoms with Crippen LogP contribution in [0.3, 0.4) is 0 Å². The Hall–Kier alpha value is -3.09. The van der Waals surface area contributed by atoms with Gasteiger partial charge in [0.25, 0.3) is 5.91 Å². The van der Waals surface area contributed by atoms with E-state index in [1.807, 2.05) is 66.2 Å². The molecule has 0 unspecified atom stereocenters. The monoisotopic (exact) mass is 463 g/mol. The predicted octanol–water partition coefficient (Wildman–Crippen LogP) is 5.46. The number of benzene rings is 2. The van der Waals surface area contributed by atoms with Crippen molar-refractivity contribution in [1.82, 2.24) is 15.1 Å². The molecule has 7 heteroatoms. The summed E-state index contributed by atoms with van der Waals surface area (Å²) >= 11 is 6.41. The van der Waals surface area contributed by atoms with Gasteiger partial charge in [-0.3, -0.25) is 9.48 Å². The molecule has 0 saturated carbocycles. The molecule has 1 aliphatic heterocycles. The van der Waals surface area contributed by atoms with Gasteiger partial charge in [0.1, 0.15) is 17.0 Å². The van der Waals surface area contributed by atoms with Crippen molar-refractivity contribution < 1.29 is 13.9 Å². The highest BCUT2D eigenvalue weighted by Crippen LogP contribution is 2.32. The minimum absolute atomic E-state index is 0.149. The van der Waals surface area contributed by atoms with Crippen molar-refractivity contribution in [3.8, 4) is 11.3 Å². The molecule has 1 aliphatic rings. The van der Waals surface area contributed by atoms with E-state index in [2.05, 4.69) is 10.4 Å². The lowest BCUT2D eigenvalue weighted by Gasteiger charge is -2.21. The van der Waals surface area contributed by atoms with E-state index in [-0.39, 0.29) is 5.91 Å². The molecule has 1 N–H and O–H groups in total. The van der Waals surface area contributed by atoms with Gasteiger partial charge in [-0.25, -0.2) is 0 Å². The SMILES string of the molecule is Cc1cc(C(=O)NCC2CCOCC2)nn1Cc1cc(Cl)cc2cc(-c3ccccc3)oc12. The van der Waals surface area contributed by atoms with Crippen LogP contribution >= 0.6 is 11.6 Å². The van der Waals surface area contributed by atoms with Crippen LogP contribution in [0.5, 0.6) is 0 Å². The highest BCUT2D eigenvalue weighted by Gasteiger charge is 2.18. The van der Waals surface area contributed by atoms with E-state index in [9.17, 15) is 4.79 Å². The topological polar surface area (TPSA) is 69.3 Å². The number of aromatic nitrogens is 2. The molecule has 33 heavy (non-hydrogen) atoms. The zero-order chi connectivity index (χ0) is 22.8. The zero-order valence-electron chi connectivity index (χ0n) is 18.5. The first-order valence-corrected chi connectivity index (χ1v) is 11.6. The molecule has 0 spiro atoms. The molecule has 1 saturated heterocycles. The lowest BCUT2D eigenvalue weighted by molar-refractivity contribution is 0.0642. The first-order valence-electron chi connectivity index (χ1n) is 11.2. The van der Waals surface area contributed by atoms with Crippen molar-refractivity contribution in [3.05, 3.63) is 76.6 Å². The van der Waals surface area contributed by atoms with Gasteiger partial charge < -0.3 is 14.5 Å². The average molecular weight is 464 g/mol. The number of carbonyl (C=O) groups excluding carboxylic acids is 1. The third kappa shape index (κ3) is 4.82. The fourth-order valence-electron chi connectivity index (χ4n) is 4.27. The lowest BCUT2D eigenvalue weighted by Crippen LogP contribution is -2.32. The molecular weight excluding hydrogens is 438 g/mol. The molecule has 5 rings (SSSR count). The number of amides is 1. The van der Waals surface area contributed by atoms with Crippen LogP contribution in [0.1, 0.15) is 34.6 Å². The molecule has 170 valence electrons. The summed E-state index contributed by atoms with van der Waals surface area (Å²) in [6.07, 6.45) is 1.96. The van der Waals surface area contributed by atoms with Crippen LogP contribution in [-0.4, -0.2) is 35.4 Å². The van der Waals surface area contributed by atoms with Crippen LogP contribution in [0.4, 0.5) is 0 Å². The molecule has 3 heterocycles. The number of carbonyl (C=O) groups is 1. The highest BCUT2D eigenvalue weighted by atomic mass is 35.5. The van der Waals surface area contributed by atoms with Crippen molar-refractivity contribution in [2.24, 2.45) is 5.92 Å². The number of aryl methyl sites for hydroxylation is 1. The van der Waals surface area contributed by atoms with E-state index in [1.54, 1.807) is 0 Å². The van der Waals surface area contributed by atoms with Gasteiger partial charge in [0.2, 0.25) is 0 Å². The summed E-state index contributed by atoms with van der Waals surface area (Å²) in [6.45, 7) is 4.58. The highest BCUT2D eigenvalue weighted by molar-refractivity contribution is 6.31. The predicted molar refractivity (Wildman–Crippen MR) is 129 cm³/mol. The number of hydrogen-bond donors (Lipinski definition) is 1. The summed E-state index contributed by atoms with van der Waals surface area (Å²) in [5, 5.41) is 9.17. The molecular formula is C26H26ClN3O3. The average Bonchev–Trinajstić information content (AvgIpc) is 3.42. The molecule has 6 nitrogen and oxygen atoms in total. The number of halogens is 1. The van der Waals surface area contributed by atoms with E-state index in [1.165, 1.54) is 0 Å². The Morgan fingerprint density at radius 1 is 1.15 bits per heavy atom. The third-order valence-electron chi connectivity index (χ3n) is 6.14. The van der Waals surface area contributed by atoms with Gasteiger partial charge in [-0.15, -0.1) is 0 Å². The Labute approximate surface area is 197 Å². The van der Waals surface area contributed by atoms with E-state index >= 15 is 0 Å². The molecule has 0 bridgehead atoms. The molecule has 0 atom stereocenters. The second kappa shape index (κ2) is 9.41. The number of hydrogen-bond acceptors (Lipinski definition) is 4. The standard InChI is InChI=1S/C26H26ClN3O3/c1-17-11-23(26(31)28-15-18-7-9-32-10-8-18)29-30(17)16-21-13-22(27)12-20-14-24(33-25(20)21)19-5-3-2-4-6-19/h2-6,11-14,18H,7-10,15-16H2,1H3,(H,28,31). The fourth-order valence-corrected chi connectivity index (χ4v) is 4.52. The number of fused-ring (bicyclic) bond motifs is 1. The van der Waals surface area contributed by atoms with Crippen LogP contribution in [0.25, 0.3) is 22.3 Å². The van der Waals surface area contributed by atoms with Gasteiger partial charge in [-0.2, -0.15) is 5.10 Å². The lowest BCUT2D eigenvalue weighted by atomic mass is 10.0. The summed E-state index contributed by atoms with van der Waals surface area (Å²) in [6, 6.07) is 17.6. The largest absolute Gasteiger partial charge is 0.456 e. The minimum Gasteiger partial charge on any atom is -0.456 e. The first kappa shape index (κ1) is 21.7. The Kier molecular flexibility index (Phi) is 6.20. The Morgan fingerprint density at radius 3 is 2.73 bits per heavy atom. The Bertz CT molecular complexity index is 1270. The summed E-state index contributed by atoms with van der Waals surface area (Å²) in [4.78, 5) is 12.7. The summed E-state index contributed by atoms with van der Waals surface area (Å²) in [7, 11) is 0. The number of rotatable bonds is 6. The van der Waals surface area contributed by atoms with Crippen LogP contribution in [-0.2, 0) is 11.3 Å². The van der Waals surface area contributed by atoms with Gasteiger partial charge in [-0.05, 0) is 49.9 Å². The van der Waals surface area contributed by atoms with Gasteiger partial charge in [0, 0.05) is 47.0 Å². The van der Waals surface area contributed by atoms with Crippen LogP contribution in [0, 0.1) is 12.8 Å². The molecule has 4 aromatic rings. The molecule has 1 fully saturated rings. The number of nitrogens with one attached hydrogen (secondary N) is 1. The second-order valence-corrected chi connectivity index (χ2v) is 8.99. The smallest absolute Gasteiger partial charge is 0.271 e. The van der Waals surface area contributed by atoms with Gasteiger partial charge >= 0.3 is 0 Å². The van der Waals surface area contributed by atoms with E-state index in [0.29, 0.717) is 29.7 Å². The Morgan fingerprint density at radius 2 is 1.94 bits per heavy atom. The summed E-state index contributed by atoms with van der Waals surface area (Å²) in [5.41, 5.74) is 4.02. The first-order chi connectivity index (χ1) is 16.1. The van der Waals surface area contributed by atoms with E-state index < -0.39 is 0 Å². The van der Waals surface area contributed by atoms with Crippen molar-refractivity contribution in [3.63, 3.8) is 0 Å². The van der Waals surface area contributed by atoms with Crippen molar-refractivity contribution in [2.75, 3.05) is 19.8 Å². The van der Waals surface area contributed by atoms with Crippen LogP contribution in [0.2, 0.25) is 5.02 Å². The number of ether oxygens (including phenoxy) is 1. The maximum Gasteiger partial charge on any atom is 0.271 e. The molecule has 1 amide bonds. The molecule has 0 radical (unpaired) electrons. The fraction of sp³-hybridized carbons (Fsp3) is 0.308. The molecule has 2 aromatic heterocycles. The Balaban J connectivity index is 1.36. The van der Waals surface area contributed by atoms with Gasteiger partial charge in [0.15, 0.2) is 0 Å². The van der Waals surface area contributed by atoms with Crippen LogP contribution in [0.15, 0.2) is 59.0 Å². The van der Waals surface area contributed by atoms with Crippen molar-refractivity contribution in [2.45, 2.75) is 26.3 Å². The second-order valence-electron chi connectivity index (χ2n) is 8.55. The van der Waals surface area contributed by atoms with Gasteiger partial charge in [0.05, 0.1) is 6.54 Å². The summed E-state index contributed by atoms with van der Waals surface area (Å²) in [5.74, 6) is 1.10. The van der Waals surface area contributed by atoms with Crippen LogP contribution < -0.4 is 5.32 Å². The van der Waals surface area contributed by atoms with E-state index in [0.717, 1.165) is 59.6 Å². The van der Waals surface area contributed by atoms with Gasteiger partial charge in [-0.1, -0.05) is 41.9 Å². The minimum atomic E-state index is -0.149. The van der Waals surface area contributed by atoms with Crippen molar-refractivity contribution in [1.29, 1.82) is 0 Å². The molecule has 0 aliphatic carbocycles. The third-order valence-corrected chi connectivity index (χ3v) is 6.36. The quantitative estimate of drug-likeness (QED) is 0.412. The number of nitrogens with zero attached hydrogens (tertiary/aromatic N) is 2. The maximum absolute atomic E-state index is 12.7. The van der Waals surface area contributed by atoms with Crippen molar-refractivity contribution >= 4 is 28.5 Å². The normalized spacial score (nSPS) is 14.6. The zero-order valence-corrected chi connectivity index (χ0v) is 19.3. The molecule has 2 aromatic carbocycles.